The Hall–Kier alpha value is -2.62. The average Bonchev–Trinajstić information content (AvgIpc) is 2.79. The fourth-order valence-electron chi connectivity index (χ4n) is 4.88. The maximum Gasteiger partial charge on any atom is 0.407 e. The predicted octanol–water partition coefficient (Wildman–Crippen LogP) is 4.04. The molecule has 0 aromatic heterocycles. The number of primary amides is 1. The lowest BCUT2D eigenvalue weighted by Gasteiger charge is -2.51. The van der Waals surface area contributed by atoms with Crippen LogP contribution in [0.4, 0.5) is 9.18 Å². The van der Waals surface area contributed by atoms with Crippen LogP contribution in [0.15, 0.2) is 41.1 Å². The van der Waals surface area contributed by atoms with Gasteiger partial charge in [-0.3, -0.25) is 4.79 Å². The number of hydrogen-bond acceptors (Lipinski definition) is 6. The van der Waals surface area contributed by atoms with Crippen LogP contribution in [0.2, 0.25) is 0 Å². The molecule has 8 nitrogen and oxygen atoms in total. The van der Waals surface area contributed by atoms with Crippen LogP contribution in [-0.2, 0) is 19.4 Å². The van der Waals surface area contributed by atoms with E-state index in [0.29, 0.717) is 50.6 Å². The van der Waals surface area contributed by atoms with Crippen molar-refractivity contribution in [2.24, 2.45) is 16.6 Å². The van der Waals surface area contributed by atoms with Gasteiger partial charge in [-0.2, -0.15) is 0 Å². The molecule has 0 saturated heterocycles. The van der Waals surface area contributed by atoms with E-state index in [0.717, 1.165) is 0 Å². The first kappa shape index (κ1) is 27.0. The molecule has 35 heavy (non-hydrogen) atoms. The number of benzene rings is 1. The second-order valence-corrected chi connectivity index (χ2v) is 12.8. The van der Waals surface area contributed by atoms with Gasteiger partial charge in [0.05, 0.1) is 17.0 Å². The van der Waals surface area contributed by atoms with Gasteiger partial charge in [-0.05, 0) is 89.0 Å². The summed E-state index contributed by atoms with van der Waals surface area (Å²) in [6.45, 7) is 4.97. The van der Waals surface area contributed by atoms with Gasteiger partial charge in [0.25, 0.3) is 0 Å². The Bertz CT molecular complexity index is 1050. The second kappa shape index (κ2) is 10.2. The zero-order valence-corrected chi connectivity index (χ0v) is 21.4. The number of ether oxygens (including phenoxy) is 2. The zero-order chi connectivity index (χ0) is 25.9. The van der Waals surface area contributed by atoms with E-state index in [1.807, 2.05) is 0 Å². The van der Waals surface area contributed by atoms with E-state index in [2.05, 4.69) is 5.32 Å². The van der Waals surface area contributed by atoms with E-state index in [4.69, 9.17) is 15.2 Å². The van der Waals surface area contributed by atoms with E-state index in [1.54, 1.807) is 20.8 Å². The normalized spacial score (nSPS) is 24.6. The Morgan fingerprint density at radius 2 is 1.66 bits per heavy atom. The summed E-state index contributed by atoms with van der Waals surface area (Å²) in [4.78, 5) is 23.8. The zero-order valence-electron chi connectivity index (χ0n) is 20.6. The van der Waals surface area contributed by atoms with E-state index in [1.165, 1.54) is 24.3 Å². The molecule has 0 atom stereocenters. The number of halogens is 1. The van der Waals surface area contributed by atoms with Crippen LogP contribution in [0.25, 0.3) is 0 Å². The molecule has 1 aromatic rings. The van der Waals surface area contributed by atoms with Crippen LogP contribution >= 0.6 is 0 Å². The van der Waals surface area contributed by atoms with E-state index < -0.39 is 26.9 Å². The molecule has 3 aliphatic carbocycles. The Kier molecular flexibility index (Phi) is 7.83. The predicted molar refractivity (Wildman–Crippen MR) is 129 cm³/mol. The van der Waals surface area contributed by atoms with E-state index in [9.17, 15) is 22.4 Å². The van der Waals surface area contributed by atoms with Crippen molar-refractivity contribution in [2.45, 2.75) is 69.8 Å². The summed E-state index contributed by atoms with van der Waals surface area (Å²) >= 11 is 0. The standard InChI is InChI=1S/C25H35FN2O6S/c1-23(2,3)34-22(30)28-15-18(14-26)16-33-19-4-6-20(7-5-19)35(31,32)17-24-8-11-25(12-9-24,13-10-24)21(27)29/h4-7,14H,8-13,15-17H2,1-3H3,(H2,27,29)(H,28,30)/b18-14+. The van der Waals surface area contributed by atoms with Crippen molar-refractivity contribution in [1.82, 2.24) is 5.32 Å². The molecule has 0 spiro atoms. The van der Waals surface area contributed by atoms with Crippen molar-refractivity contribution in [2.75, 3.05) is 18.9 Å². The highest BCUT2D eigenvalue weighted by molar-refractivity contribution is 7.91. The molecule has 0 radical (unpaired) electrons. The summed E-state index contributed by atoms with van der Waals surface area (Å²) in [6, 6.07) is 6.03. The average molecular weight is 511 g/mol. The smallest absolute Gasteiger partial charge is 0.407 e. The summed E-state index contributed by atoms with van der Waals surface area (Å²) in [5, 5.41) is 2.46. The minimum absolute atomic E-state index is 0.0418. The number of rotatable bonds is 9. The molecule has 194 valence electrons. The fourth-order valence-corrected chi connectivity index (χ4v) is 6.83. The molecule has 10 heteroatoms. The lowest BCUT2D eigenvalue weighted by atomic mass is 9.54. The molecule has 1 aromatic carbocycles. The number of nitrogens with two attached hydrogens (primary N) is 1. The first-order valence-electron chi connectivity index (χ1n) is 11.8. The maximum atomic E-state index is 13.2. The highest BCUT2D eigenvalue weighted by Gasteiger charge is 2.52. The molecule has 3 N–H and O–H groups in total. The Morgan fingerprint density at radius 1 is 1.09 bits per heavy atom. The first-order chi connectivity index (χ1) is 16.3. The molecule has 2 bridgehead atoms. The van der Waals surface area contributed by atoms with Crippen molar-refractivity contribution < 1.29 is 31.9 Å². The van der Waals surface area contributed by atoms with Crippen molar-refractivity contribution in [1.29, 1.82) is 0 Å². The highest BCUT2D eigenvalue weighted by atomic mass is 32.2. The minimum Gasteiger partial charge on any atom is -0.489 e. The SMILES string of the molecule is CC(C)(C)OC(=O)NC/C(=C\F)COc1ccc(S(=O)(=O)CC23CCC(C(N)=O)(CC2)CC3)cc1. The third kappa shape index (κ3) is 6.74. The molecular weight excluding hydrogens is 475 g/mol. The van der Waals surface area contributed by atoms with Gasteiger partial charge in [-0.15, -0.1) is 0 Å². The number of hydrogen-bond donors (Lipinski definition) is 2. The number of amides is 2. The van der Waals surface area contributed by atoms with Crippen molar-refractivity contribution in [3.8, 4) is 5.75 Å². The molecule has 0 heterocycles. The molecule has 3 saturated carbocycles. The Morgan fingerprint density at radius 3 is 2.14 bits per heavy atom. The molecule has 2 amide bonds. The van der Waals surface area contributed by atoms with Crippen LogP contribution < -0.4 is 15.8 Å². The lowest BCUT2D eigenvalue weighted by molar-refractivity contribution is -0.136. The van der Waals surface area contributed by atoms with Gasteiger partial charge in [0.15, 0.2) is 9.84 Å². The van der Waals surface area contributed by atoms with Gasteiger partial charge >= 0.3 is 6.09 Å². The molecule has 3 fully saturated rings. The van der Waals surface area contributed by atoms with Gasteiger partial charge in [0, 0.05) is 17.5 Å². The Balaban J connectivity index is 1.54. The number of nitrogens with one attached hydrogen (secondary N) is 1. The molecule has 3 aliphatic rings. The lowest BCUT2D eigenvalue weighted by Crippen LogP contribution is -2.50. The monoisotopic (exact) mass is 510 g/mol. The molecular formula is C25H35FN2O6S. The van der Waals surface area contributed by atoms with Crippen molar-refractivity contribution >= 4 is 21.8 Å². The maximum absolute atomic E-state index is 13.2. The number of carbonyl (C=O) groups excluding carboxylic acids is 2. The van der Waals surface area contributed by atoms with Gasteiger partial charge in [-0.1, -0.05) is 0 Å². The first-order valence-corrected chi connectivity index (χ1v) is 13.4. The summed E-state index contributed by atoms with van der Waals surface area (Å²) in [7, 11) is -3.54. The molecule has 0 unspecified atom stereocenters. The van der Waals surface area contributed by atoms with Crippen LogP contribution in [0.5, 0.6) is 5.75 Å². The van der Waals surface area contributed by atoms with E-state index >= 15 is 0 Å². The third-order valence-electron chi connectivity index (χ3n) is 7.04. The van der Waals surface area contributed by atoms with Crippen molar-refractivity contribution in [3.05, 3.63) is 36.2 Å². The number of carbonyl (C=O) groups is 2. The van der Waals surface area contributed by atoms with Crippen LogP contribution in [0.3, 0.4) is 0 Å². The van der Waals surface area contributed by atoms with Gasteiger partial charge < -0.3 is 20.5 Å². The quantitative estimate of drug-likeness (QED) is 0.517. The second-order valence-electron chi connectivity index (χ2n) is 10.8. The third-order valence-corrected chi connectivity index (χ3v) is 9.02. The van der Waals surface area contributed by atoms with Crippen molar-refractivity contribution in [3.63, 3.8) is 0 Å². The Labute approximate surface area is 206 Å². The fraction of sp³-hybridized carbons (Fsp3) is 0.600. The van der Waals surface area contributed by atoms with Crippen LogP contribution in [-0.4, -0.2) is 44.9 Å². The topological polar surface area (TPSA) is 125 Å². The number of fused-ring (bicyclic) bond motifs is 3. The highest BCUT2D eigenvalue weighted by Crippen LogP contribution is 2.57. The van der Waals surface area contributed by atoms with Gasteiger partial charge in [-0.25, -0.2) is 17.6 Å². The number of sulfone groups is 1. The van der Waals surface area contributed by atoms with Crippen LogP contribution in [0, 0.1) is 10.8 Å². The number of alkyl carbamates (subject to hydrolysis) is 1. The summed E-state index contributed by atoms with van der Waals surface area (Å²) in [6.07, 6.45) is 3.70. The minimum atomic E-state index is -3.54. The summed E-state index contributed by atoms with van der Waals surface area (Å²) in [5.74, 6) is 0.149. The van der Waals surface area contributed by atoms with E-state index in [-0.39, 0.29) is 40.7 Å². The summed E-state index contributed by atoms with van der Waals surface area (Å²) in [5.41, 5.74) is 4.35. The summed E-state index contributed by atoms with van der Waals surface area (Å²) < 4.78 is 50.1. The molecule has 4 rings (SSSR count). The van der Waals surface area contributed by atoms with Crippen LogP contribution in [0.1, 0.15) is 59.3 Å². The largest absolute Gasteiger partial charge is 0.489 e. The van der Waals surface area contributed by atoms with Gasteiger partial charge in [0.1, 0.15) is 18.0 Å². The molecule has 0 aliphatic heterocycles. The van der Waals surface area contributed by atoms with Gasteiger partial charge in [0.2, 0.25) is 5.91 Å².